The summed E-state index contributed by atoms with van der Waals surface area (Å²) in [6.07, 6.45) is 1.64. The van der Waals surface area contributed by atoms with Crippen molar-refractivity contribution in [3.63, 3.8) is 0 Å². The molecule has 96 valence electrons. The van der Waals surface area contributed by atoms with E-state index in [-0.39, 0.29) is 23.6 Å². The second-order valence-corrected chi connectivity index (χ2v) is 4.41. The SMILES string of the molecule is CC(NC(C)c1ccco1)c1cc(O)cc(O)c1. The van der Waals surface area contributed by atoms with Gasteiger partial charge < -0.3 is 19.9 Å². The molecule has 0 bridgehead atoms. The average Bonchev–Trinajstić information content (AvgIpc) is 2.80. The fourth-order valence-electron chi connectivity index (χ4n) is 1.96. The second kappa shape index (κ2) is 5.14. The van der Waals surface area contributed by atoms with Gasteiger partial charge in [-0.2, -0.15) is 0 Å². The fourth-order valence-corrected chi connectivity index (χ4v) is 1.96. The van der Waals surface area contributed by atoms with E-state index in [9.17, 15) is 10.2 Å². The molecule has 4 heteroatoms. The zero-order valence-corrected chi connectivity index (χ0v) is 10.4. The van der Waals surface area contributed by atoms with Crippen LogP contribution in [0.1, 0.15) is 37.3 Å². The van der Waals surface area contributed by atoms with E-state index in [1.165, 1.54) is 6.07 Å². The van der Waals surface area contributed by atoms with Crippen molar-refractivity contribution in [2.75, 3.05) is 0 Å². The van der Waals surface area contributed by atoms with Crippen molar-refractivity contribution in [2.24, 2.45) is 0 Å². The normalized spacial score (nSPS) is 14.3. The lowest BCUT2D eigenvalue weighted by Gasteiger charge is -2.19. The van der Waals surface area contributed by atoms with Gasteiger partial charge in [-0.3, -0.25) is 0 Å². The predicted octanol–water partition coefficient (Wildman–Crippen LogP) is 3.10. The van der Waals surface area contributed by atoms with Gasteiger partial charge in [0.15, 0.2) is 0 Å². The van der Waals surface area contributed by atoms with Crippen molar-refractivity contribution in [1.29, 1.82) is 0 Å². The summed E-state index contributed by atoms with van der Waals surface area (Å²) in [6, 6.07) is 8.37. The highest BCUT2D eigenvalue weighted by Gasteiger charge is 2.14. The molecule has 1 aromatic heterocycles. The molecule has 1 heterocycles. The molecular formula is C14H17NO3. The number of hydrogen-bond donors (Lipinski definition) is 3. The lowest BCUT2D eigenvalue weighted by Crippen LogP contribution is -2.22. The monoisotopic (exact) mass is 247 g/mol. The van der Waals surface area contributed by atoms with Crippen molar-refractivity contribution in [1.82, 2.24) is 5.32 Å². The molecule has 0 aliphatic rings. The van der Waals surface area contributed by atoms with E-state index in [0.29, 0.717) is 0 Å². The molecule has 1 aromatic carbocycles. The number of aromatic hydroxyl groups is 2. The largest absolute Gasteiger partial charge is 0.508 e. The molecule has 0 radical (unpaired) electrons. The Morgan fingerprint density at radius 3 is 2.28 bits per heavy atom. The molecule has 0 saturated heterocycles. The number of benzene rings is 1. The summed E-state index contributed by atoms with van der Waals surface area (Å²) in [4.78, 5) is 0. The van der Waals surface area contributed by atoms with Crippen molar-refractivity contribution < 1.29 is 14.6 Å². The lowest BCUT2D eigenvalue weighted by atomic mass is 10.1. The molecule has 2 atom stereocenters. The quantitative estimate of drug-likeness (QED) is 0.776. The summed E-state index contributed by atoms with van der Waals surface area (Å²) in [7, 11) is 0. The van der Waals surface area contributed by atoms with Gasteiger partial charge in [0.1, 0.15) is 17.3 Å². The molecule has 2 aromatic rings. The van der Waals surface area contributed by atoms with Gasteiger partial charge in [0.25, 0.3) is 0 Å². The summed E-state index contributed by atoms with van der Waals surface area (Å²) >= 11 is 0. The molecule has 0 fully saturated rings. The Labute approximate surface area is 106 Å². The van der Waals surface area contributed by atoms with E-state index in [2.05, 4.69) is 5.32 Å². The van der Waals surface area contributed by atoms with Crippen molar-refractivity contribution in [2.45, 2.75) is 25.9 Å². The summed E-state index contributed by atoms with van der Waals surface area (Å²) in [5.41, 5.74) is 0.825. The topological polar surface area (TPSA) is 65.6 Å². The highest BCUT2D eigenvalue weighted by atomic mass is 16.3. The minimum atomic E-state index is -0.0110. The summed E-state index contributed by atoms with van der Waals surface area (Å²) in [5, 5.41) is 22.2. The van der Waals surface area contributed by atoms with Crippen LogP contribution in [0.3, 0.4) is 0 Å². The van der Waals surface area contributed by atoms with Crippen LogP contribution in [0.2, 0.25) is 0 Å². The van der Waals surface area contributed by atoms with Crippen LogP contribution in [0, 0.1) is 0 Å². The smallest absolute Gasteiger partial charge is 0.120 e. The van der Waals surface area contributed by atoms with Crippen LogP contribution >= 0.6 is 0 Å². The van der Waals surface area contributed by atoms with E-state index >= 15 is 0 Å². The van der Waals surface area contributed by atoms with Gasteiger partial charge in [0, 0.05) is 12.1 Å². The molecule has 0 saturated carbocycles. The van der Waals surface area contributed by atoms with E-state index in [1.54, 1.807) is 18.4 Å². The van der Waals surface area contributed by atoms with Crippen LogP contribution in [0.4, 0.5) is 0 Å². The highest BCUT2D eigenvalue weighted by Crippen LogP contribution is 2.26. The first-order valence-electron chi connectivity index (χ1n) is 5.88. The molecule has 3 N–H and O–H groups in total. The number of phenolic OH excluding ortho intramolecular Hbond substituents is 2. The molecule has 0 aliphatic carbocycles. The Morgan fingerprint density at radius 2 is 1.72 bits per heavy atom. The Balaban J connectivity index is 2.09. The van der Waals surface area contributed by atoms with Crippen LogP contribution in [0.25, 0.3) is 0 Å². The molecule has 0 aliphatic heterocycles. The maximum Gasteiger partial charge on any atom is 0.120 e. The Morgan fingerprint density at radius 1 is 1.06 bits per heavy atom. The van der Waals surface area contributed by atoms with E-state index in [4.69, 9.17) is 4.42 Å². The third-order valence-corrected chi connectivity index (χ3v) is 2.89. The van der Waals surface area contributed by atoms with Crippen molar-refractivity contribution in [3.05, 3.63) is 47.9 Å². The first-order chi connectivity index (χ1) is 8.56. The highest BCUT2D eigenvalue weighted by molar-refractivity contribution is 5.38. The van der Waals surface area contributed by atoms with Gasteiger partial charge in [0.2, 0.25) is 0 Å². The second-order valence-electron chi connectivity index (χ2n) is 4.41. The molecule has 0 spiro atoms. The third-order valence-electron chi connectivity index (χ3n) is 2.89. The molecule has 18 heavy (non-hydrogen) atoms. The number of rotatable bonds is 4. The number of nitrogens with one attached hydrogen (secondary N) is 1. The summed E-state index contributed by atoms with van der Waals surface area (Å²) in [5.74, 6) is 0.972. The van der Waals surface area contributed by atoms with Crippen LogP contribution in [0.15, 0.2) is 41.0 Å². The first kappa shape index (κ1) is 12.5. The minimum absolute atomic E-state index is 0.0110. The van der Waals surface area contributed by atoms with Gasteiger partial charge in [-0.25, -0.2) is 0 Å². The van der Waals surface area contributed by atoms with Crippen molar-refractivity contribution in [3.8, 4) is 11.5 Å². The van der Waals surface area contributed by atoms with E-state index < -0.39 is 0 Å². The number of hydrogen-bond acceptors (Lipinski definition) is 4. The lowest BCUT2D eigenvalue weighted by molar-refractivity contribution is 0.400. The average molecular weight is 247 g/mol. The van der Waals surface area contributed by atoms with Gasteiger partial charge >= 0.3 is 0 Å². The zero-order chi connectivity index (χ0) is 13.1. The maximum absolute atomic E-state index is 9.45. The summed E-state index contributed by atoms with van der Waals surface area (Å²) in [6.45, 7) is 3.96. The Kier molecular flexibility index (Phi) is 3.58. The zero-order valence-electron chi connectivity index (χ0n) is 10.4. The fraction of sp³-hybridized carbons (Fsp3) is 0.286. The Hall–Kier alpha value is -1.94. The van der Waals surface area contributed by atoms with Gasteiger partial charge in [-0.1, -0.05) is 0 Å². The molecule has 2 rings (SSSR count). The number of furan rings is 1. The van der Waals surface area contributed by atoms with Gasteiger partial charge in [0.05, 0.1) is 12.3 Å². The van der Waals surface area contributed by atoms with Crippen molar-refractivity contribution >= 4 is 0 Å². The van der Waals surface area contributed by atoms with Crippen LogP contribution in [-0.2, 0) is 0 Å². The molecule has 4 nitrogen and oxygen atoms in total. The van der Waals surface area contributed by atoms with Crippen LogP contribution in [-0.4, -0.2) is 10.2 Å². The van der Waals surface area contributed by atoms with Gasteiger partial charge in [-0.15, -0.1) is 0 Å². The molecule has 0 amide bonds. The van der Waals surface area contributed by atoms with E-state index in [1.807, 2.05) is 26.0 Å². The maximum atomic E-state index is 9.45. The van der Waals surface area contributed by atoms with Gasteiger partial charge in [-0.05, 0) is 43.7 Å². The number of phenols is 2. The standard InChI is InChI=1S/C14H17NO3/c1-9(11-6-12(16)8-13(17)7-11)15-10(2)14-4-3-5-18-14/h3-10,15-17H,1-2H3. The Bertz CT molecular complexity index is 488. The predicted molar refractivity (Wildman–Crippen MR) is 68.4 cm³/mol. The summed E-state index contributed by atoms with van der Waals surface area (Å²) < 4.78 is 5.32. The minimum Gasteiger partial charge on any atom is -0.508 e. The first-order valence-corrected chi connectivity index (χ1v) is 5.88. The molecule has 2 unspecified atom stereocenters. The molecular weight excluding hydrogens is 230 g/mol. The van der Waals surface area contributed by atoms with E-state index in [0.717, 1.165) is 11.3 Å². The third kappa shape index (κ3) is 2.84. The van der Waals surface area contributed by atoms with Crippen LogP contribution in [0.5, 0.6) is 11.5 Å². The van der Waals surface area contributed by atoms with Crippen LogP contribution < -0.4 is 5.32 Å².